The fourth-order valence-corrected chi connectivity index (χ4v) is 4.14. The number of rotatable bonds is 8. The zero-order valence-electron chi connectivity index (χ0n) is 17.4. The Morgan fingerprint density at radius 1 is 1.35 bits per heavy atom. The number of aromatic nitrogens is 1. The highest BCUT2D eigenvalue weighted by atomic mass is 79.9. The Kier molecular flexibility index (Phi) is 8.15. The summed E-state index contributed by atoms with van der Waals surface area (Å²) in [6, 6.07) is 6.52. The van der Waals surface area contributed by atoms with E-state index in [1.54, 1.807) is 29.2 Å². The third-order valence-electron chi connectivity index (χ3n) is 5.19. The first-order valence-corrected chi connectivity index (χ1v) is 11.5. The number of anilines is 1. The van der Waals surface area contributed by atoms with E-state index in [0.717, 1.165) is 25.7 Å². The number of hydrogen-bond donors (Lipinski definition) is 2. The number of unbranched alkanes of at least 4 members (excludes halogenated alkanes) is 1. The van der Waals surface area contributed by atoms with E-state index in [0.29, 0.717) is 46.1 Å². The van der Waals surface area contributed by atoms with Crippen LogP contribution in [0.3, 0.4) is 0 Å². The number of carbonyl (C=O) groups excluding carboxylic acids is 2. The largest absolute Gasteiger partial charge is 0.494 e. The number of halogens is 2. The maximum atomic E-state index is 13.0. The molecular formula is C22H26BrClN4O3. The first kappa shape index (κ1) is 23.3. The van der Waals surface area contributed by atoms with Gasteiger partial charge < -0.3 is 20.7 Å². The Bertz CT molecular complexity index is 956. The van der Waals surface area contributed by atoms with Crippen molar-refractivity contribution in [3.63, 3.8) is 0 Å². The molecule has 9 heteroatoms. The summed E-state index contributed by atoms with van der Waals surface area (Å²) in [5.41, 5.74) is 6.58. The van der Waals surface area contributed by atoms with Gasteiger partial charge in [0.25, 0.3) is 11.8 Å². The lowest BCUT2D eigenvalue weighted by atomic mass is 10.1. The van der Waals surface area contributed by atoms with Crippen LogP contribution >= 0.6 is 27.5 Å². The normalized spacial score (nSPS) is 15.7. The molecule has 2 amide bonds. The molecule has 1 fully saturated rings. The molecule has 3 N–H and O–H groups in total. The molecular weight excluding hydrogens is 484 g/mol. The van der Waals surface area contributed by atoms with E-state index in [1.807, 2.05) is 0 Å². The monoisotopic (exact) mass is 508 g/mol. The van der Waals surface area contributed by atoms with Crippen LogP contribution in [0.2, 0.25) is 5.02 Å². The summed E-state index contributed by atoms with van der Waals surface area (Å²) in [6.07, 6.45) is 5.20. The van der Waals surface area contributed by atoms with Crippen LogP contribution in [0.1, 0.15) is 53.3 Å². The average molecular weight is 510 g/mol. The molecule has 1 unspecified atom stereocenters. The van der Waals surface area contributed by atoms with E-state index in [2.05, 4.69) is 33.2 Å². The number of carbonyl (C=O) groups is 2. The standard InChI is InChI=1S/C22H26BrClN4O3/c1-2-3-9-31-15-6-7-16(19(24)10-15)21(29)27-12-14-5-4-8-28(14)22(30)17-11-20(25)26-13-18(17)23/h6-7,10-11,13-14H,2-5,8-9,12H2,1H3,(H2,25,26)(H,27,29). The minimum absolute atomic E-state index is 0.104. The topological polar surface area (TPSA) is 97.5 Å². The van der Waals surface area contributed by atoms with Gasteiger partial charge in [0.15, 0.2) is 0 Å². The molecule has 1 aliphatic rings. The number of nitrogens with two attached hydrogens (primary N) is 1. The Hall–Kier alpha value is -2.32. The predicted molar refractivity (Wildman–Crippen MR) is 125 cm³/mol. The second kappa shape index (κ2) is 10.8. The Labute approximate surface area is 195 Å². The van der Waals surface area contributed by atoms with Crippen LogP contribution in [0.4, 0.5) is 5.82 Å². The molecule has 7 nitrogen and oxygen atoms in total. The summed E-state index contributed by atoms with van der Waals surface area (Å²) in [6.45, 7) is 3.67. The molecule has 31 heavy (non-hydrogen) atoms. The van der Waals surface area contributed by atoms with Crippen molar-refractivity contribution >= 4 is 45.2 Å². The van der Waals surface area contributed by atoms with Crippen molar-refractivity contribution < 1.29 is 14.3 Å². The highest BCUT2D eigenvalue weighted by molar-refractivity contribution is 9.10. The first-order chi connectivity index (χ1) is 14.9. The molecule has 1 aromatic carbocycles. The number of likely N-dealkylation sites (tertiary alicyclic amines) is 1. The van der Waals surface area contributed by atoms with Gasteiger partial charge in [-0.25, -0.2) is 4.98 Å². The fraction of sp³-hybridized carbons (Fsp3) is 0.409. The summed E-state index contributed by atoms with van der Waals surface area (Å²) in [5, 5.41) is 3.24. The van der Waals surface area contributed by atoms with Crippen molar-refractivity contribution in [2.75, 3.05) is 25.4 Å². The van der Waals surface area contributed by atoms with Crippen molar-refractivity contribution in [3.8, 4) is 5.75 Å². The molecule has 0 spiro atoms. The van der Waals surface area contributed by atoms with Gasteiger partial charge in [-0.15, -0.1) is 0 Å². The third kappa shape index (κ3) is 5.89. The van der Waals surface area contributed by atoms with Gasteiger partial charge in [0.05, 0.1) is 22.8 Å². The van der Waals surface area contributed by atoms with Crippen LogP contribution < -0.4 is 15.8 Å². The molecule has 1 aromatic heterocycles. The number of nitrogens with zero attached hydrogens (tertiary/aromatic N) is 2. The Balaban J connectivity index is 1.61. The summed E-state index contributed by atoms with van der Waals surface area (Å²) in [4.78, 5) is 31.4. The van der Waals surface area contributed by atoms with Gasteiger partial charge in [0.2, 0.25) is 0 Å². The SMILES string of the molecule is CCCCOc1ccc(C(=O)NCC2CCCN2C(=O)c2cc(N)ncc2Br)c(Cl)c1. The molecule has 0 bridgehead atoms. The molecule has 0 radical (unpaired) electrons. The van der Waals surface area contributed by atoms with Crippen LogP contribution in [0, 0.1) is 0 Å². The highest BCUT2D eigenvalue weighted by Crippen LogP contribution is 2.26. The van der Waals surface area contributed by atoms with Crippen molar-refractivity contribution in [3.05, 3.63) is 51.1 Å². The van der Waals surface area contributed by atoms with Crippen LogP contribution in [-0.4, -0.2) is 47.4 Å². The highest BCUT2D eigenvalue weighted by Gasteiger charge is 2.31. The van der Waals surface area contributed by atoms with Gasteiger partial charge in [-0.3, -0.25) is 9.59 Å². The van der Waals surface area contributed by atoms with Crippen LogP contribution in [-0.2, 0) is 0 Å². The lowest BCUT2D eigenvalue weighted by Gasteiger charge is -2.25. The molecule has 0 aliphatic carbocycles. The second-order valence-corrected chi connectivity index (χ2v) is 8.70. The number of pyridine rings is 1. The number of ether oxygens (including phenoxy) is 1. The zero-order valence-corrected chi connectivity index (χ0v) is 19.7. The van der Waals surface area contributed by atoms with E-state index < -0.39 is 0 Å². The van der Waals surface area contributed by atoms with Gasteiger partial charge in [0, 0.05) is 29.8 Å². The molecule has 0 saturated carbocycles. The van der Waals surface area contributed by atoms with Crippen molar-refractivity contribution in [2.45, 2.75) is 38.6 Å². The van der Waals surface area contributed by atoms with E-state index in [4.69, 9.17) is 22.1 Å². The molecule has 1 saturated heterocycles. The number of nitrogens with one attached hydrogen (secondary N) is 1. The maximum absolute atomic E-state index is 13.0. The molecule has 166 valence electrons. The Morgan fingerprint density at radius 3 is 2.90 bits per heavy atom. The first-order valence-electron chi connectivity index (χ1n) is 10.3. The fourth-order valence-electron chi connectivity index (χ4n) is 3.50. The average Bonchev–Trinajstić information content (AvgIpc) is 3.22. The third-order valence-corrected chi connectivity index (χ3v) is 6.14. The lowest BCUT2D eigenvalue weighted by molar-refractivity contribution is 0.0724. The van der Waals surface area contributed by atoms with Crippen LogP contribution in [0.15, 0.2) is 34.9 Å². The van der Waals surface area contributed by atoms with Crippen molar-refractivity contribution in [2.24, 2.45) is 0 Å². The van der Waals surface area contributed by atoms with E-state index in [1.165, 1.54) is 6.20 Å². The van der Waals surface area contributed by atoms with Gasteiger partial charge >= 0.3 is 0 Å². The van der Waals surface area contributed by atoms with Crippen molar-refractivity contribution in [1.82, 2.24) is 15.2 Å². The van der Waals surface area contributed by atoms with Gasteiger partial charge in [0.1, 0.15) is 11.6 Å². The predicted octanol–water partition coefficient (Wildman–Crippen LogP) is 4.29. The van der Waals surface area contributed by atoms with Gasteiger partial charge in [-0.2, -0.15) is 0 Å². The number of nitrogen functional groups attached to an aromatic ring is 1. The minimum Gasteiger partial charge on any atom is -0.494 e. The van der Waals surface area contributed by atoms with E-state index >= 15 is 0 Å². The summed E-state index contributed by atoms with van der Waals surface area (Å²) in [7, 11) is 0. The minimum atomic E-state index is -0.279. The number of amides is 2. The number of hydrogen-bond acceptors (Lipinski definition) is 5. The van der Waals surface area contributed by atoms with Crippen LogP contribution in [0.25, 0.3) is 0 Å². The molecule has 2 heterocycles. The van der Waals surface area contributed by atoms with Crippen LogP contribution in [0.5, 0.6) is 5.75 Å². The van der Waals surface area contributed by atoms with Crippen molar-refractivity contribution in [1.29, 1.82) is 0 Å². The van der Waals surface area contributed by atoms with E-state index in [9.17, 15) is 9.59 Å². The Morgan fingerprint density at radius 2 is 2.16 bits per heavy atom. The maximum Gasteiger partial charge on any atom is 0.255 e. The lowest BCUT2D eigenvalue weighted by Crippen LogP contribution is -2.43. The number of benzene rings is 1. The summed E-state index contributed by atoms with van der Waals surface area (Å²) >= 11 is 9.66. The van der Waals surface area contributed by atoms with E-state index in [-0.39, 0.29) is 23.7 Å². The quantitative estimate of drug-likeness (QED) is 0.517. The molecule has 3 rings (SSSR count). The van der Waals surface area contributed by atoms with Gasteiger partial charge in [-0.05, 0) is 59.5 Å². The summed E-state index contributed by atoms with van der Waals surface area (Å²) in [5.74, 6) is 0.514. The zero-order chi connectivity index (χ0) is 22.4. The van der Waals surface area contributed by atoms with Gasteiger partial charge in [-0.1, -0.05) is 24.9 Å². The summed E-state index contributed by atoms with van der Waals surface area (Å²) < 4.78 is 6.22. The molecule has 2 aromatic rings. The second-order valence-electron chi connectivity index (χ2n) is 7.44. The molecule has 1 aliphatic heterocycles. The molecule has 1 atom stereocenters. The smallest absolute Gasteiger partial charge is 0.255 e.